The normalized spacial score (nSPS) is 31.0. The van der Waals surface area contributed by atoms with Gasteiger partial charge in [0.05, 0.1) is 10.2 Å². The zero-order chi connectivity index (χ0) is 22.2. The van der Waals surface area contributed by atoms with Crippen LogP contribution in [-0.2, 0) is 4.79 Å². The van der Waals surface area contributed by atoms with Crippen molar-refractivity contribution in [1.29, 1.82) is 0 Å². The van der Waals surface area contributed by atoms with E-state index in [9.17, 15) is 4.79 Å². The molecule has 4 N–H and O–H groups in total. The average Bonchev–Trinajstić information content (AvgIpc) is 3.36. The summed E-state index contributed by atoms with van der Waals surface area (Å²) in [5.41, 5.74) is 7.27. The standard InChI is InChI=1S/C22H32N8OS/c1-12-6-18(29-28-12)26-21-20-17(4-5-32-20)25-22(27-21)24-16-10-14-7-13(8-15(11-16)23-14)9-19(31)30(2)3/h4-5,12-16,23,28H,6-11H2,1-3H3,(H2,24,25,26,27,29)/t12?,13?,14-,15+,16?. The lowest BCUT2D eigenvalue weighted by Gasteiger charge is -2.44. The van der Waals surface area contributed by atoms with Crippen molar-refractivity contribution in [3.63, 3.8) is 0 Å². The Morgan fingerprint density at radius 1 is 1.25 bits per heavy atom. The van der Waals surface area contributed by atoms with Gasteiger partial charge in [-0.05, 0) is 50.0 Å². The summed E-state index contributed by atoms with van der Waals surface area (Å²) in [6, 6.07) is 3.57. The number of amidine groups is 1. The number of thiophene rings is 1. The van der Waals surface area contributed by atoms with Crippen molar-refractivity contribution in [3.8, 4) is 0 Å². The van der Waals surface area contributed by atoms with Gasteiger partial charge in [0.1, 0.15) is 5.84 Å². The van der Waals surface area contributed by atoms with Crippen molar-refractivity contribution in [2.24, 2.45) is 10.9 Å². The smallest absolute Gasteiger partial charge is 0.225 e. The lowest BCUT2D eigenvalue weighted by atomic mass is 9.77. The summed E-state index contributed by atoms with van der Waals surface area (Å²) in [6.45, 7) is 2.12. The van der Waals surface area contributed by atoms with Crippen LogP contribution in [-0.4, -0.2) is 64.9 Å². The van der Waals surface area contributed by atoms with Crippen LogP contribution in [0.4, 0.5) is 11.8 Å². The number of carbonyl (C=O) groups excluding carboxylic acids is 1. The van der Waals surface area contributed by atoms with Crippen LogP contribution in [0.1, 0.15) is 45.4 Å². The van der Waals surface area contributed by atoms with E-state index in [1.807, 2.05) is 25.5 Å². The molecule has 10 heteroatoms. The van der Waals surface area contributed by atoms with Gasteiger partial charge in [0.25, 0.3) is 0 Å². The van der Waals surface area contributed by atoms with E-state index in [0.717, 1.165) is 54.0 Å². The molecule has 2 aromatic heterocycles. The number of fused-ring (bicyclic) bond motifs is 3. The minimum absolute atomic E-state index is 0.234. The Balaban J connectivity index is 1.28. The Morgan fingerprint density at radius 3 is 2.72 bits per heavy atom. The van der Waals surface area contributed by atoms with E-state index in [1.54, 1.807) is 16.2 Å². The molecule has 0 saturated carbocycles. The molecule has 0 aromatic carbocycles. The molecule has 3 fully saturated rings. The first-order valence-electron chi connectivity index (χ1n) is 11.5. The highest BCUT2D eigenvalue weighted by Gasteiger charge is 2.36. The molecule has 172 valence electrons. The van der Waals surface area contributed by atoms with Crippen molar-refractivity contribution in [2.45, 2.75) is 69.6 Å². The fourth-order valence-corrected chi connectivity index (χ4v) is 5.93. The van der Waals surface area contributed by atoms with Crippen LogP contribution < -0.4 is 21.5 Å². The lowest BCUT2D eigenvalue weighted by molar-refractivity contribution is -0.130. The van der Waals surface area contributed by atoms with Crippen molar-refractivity contribution in [1.82, 2.24) is 31.0 Å². The number of nitrogens with one attached hydrogen (secondary N) is 4. The fourth-order valence-electron chi connectivity index (χ4n) is 5.17. The number of hydrazine groups is 1. The molecule has 5 heterocycles. The molecule has 0 aliphatic carbocycles. The maximum Gasteiger partial charge on any atom is 0.225 e. The number of hydrogen-bond donors (Lipinski definition) is 4. The predicted octanol–water partition coefficient (Wildman–Crippen LogP) is 2.40. The highest BCUT2D eigenvalue weighted by Crippen LogP contribution is 2.34. The first-order chi connectivity index (χ1) is 15.4. The first kappa shape index (κ1) is 21.5. The first-order valence-corrected chi connectivity index (χ1v) is 12.4. The third kappa shape index (κ3) is 4.72. The van der Waals surface area contributed by atoms with Gasteiger partial charge in [-0.25, -0.2) is 15.4 Å². The maximum atomic E-state index is 12.2. The Bertz CT molecular complexity index is 1010. The SMILES string of the molecule is CC1CC(=Nc2nc(NC3C[C@H]4CC(CC(=O)N(C)C)C[C@@H](C3)N4)nc3ccsc23)NN1. The van der Waals surface area contributed by atoms with Gasteiger partial charge in [0.15, 0.2) is 5.82 Å². The van der Waals surface area contributed by atoms with Crippen molar-refractivity contribution < 1.29 is 4.79 Å². The summed E-state index contributed by atoms with van der Waals surface area (Å²) >= 11 is 1.62. The second-order valence-corrected chi connectivity index (χ2v) is 10.6. The molecule has 3 unspecified atom stereocenters. The van der Waals surface area contributed by atoms with Crippen LogP contribution in [0.3, 0.4) is 0 Å². The number of amides is 1. The van der Waals surface area contributed by atoms with E-state index in [-0.39, 0.29) is 5.91 Å². The van der Waals surface area contributed by atoms with Crippen molar-refractivity contribution in [3.05, 3.63) is 11.4 Å². The Kier molecular flexibility index (Phi) is 6.00. The van der Waals surface area contributed by atoms with Crippen LogP contribution in [0.15, 0.2) is 16.4 Å². The summed E-state index contributed by atoms with van der Waals surface area (Å²) in [5.74, 6) is 2.99. The second-order valence-electron chi connectivity index (χ2n) is 9.64. The molecule has 3 aliphatic heterocycles. The highest BCUT2D eigenvalue weighted by atomic mass is 32.1. The topological polar surface area (TPSA) is 107 Å². The van der Waals surface area contributed by atoms with Gasteiger partial charge < -0.3 is 21.0 Å². The van der Waals surface area contributed by atoms with Crippen LogP contribution >= 0.6 is 11.3 Å². The van der Waals surface area contributed by atoms with Gasteiger partial charge in [-0.15, -0.1) is 11.3 Å². The average molecular weight is 457 g/mol. The summed E-state index contributed by atoms with van der Waals surface area (Å²) < 4.78 is 1.01. The van der Waals surface area contributed by atoms with Gasteiger partial charge >= 0.3 is 0 Å². The zero-order valence-corrected chi connectivity index (χ0v) is 19.7. The largest absolute Gasteiger partial charge is 0.351 e. The van der Waals surface area contributed by atoms with Crippen LogP contribution in [0.5, 0.6) is 0 Å². The minimum Gasteiger partial charge on any atom is -0.351 e. The van der Waals surface area contributed by atoms with Gasteiger partial charge in [-0.3, -0.25) is 4.79 Å². The van der Waals surface area contributed by atoms with E-state index in [4.69, 9.17) is 15.0 Å². The lowest BCUT2D eigenvalue weighted by Crippen LogP contribution is -2.54. The maximum absolute atomic E-state index is 12.2. The molecule has 0 spiro atoms. The second kappa shape index (κ2) is 8.92. The molecule has 32 heavy (non-hydrogen) atoms. The van der Waals surface area contributed by atoms with E-state index < -0.39 is 0 Å². The van der Waals surface area contributed by atoms with Crippen molar-refractivity contribution >= 4 is 45.1 Å². The quantitative estimate of drug-likeness (QED) is 0.547. The molecule has 5 atom stereocenters. The Labute approximate surface area is 192 Å². The molecule has 2 bridgehead atoms. The van der Waals surface area contributed by atoms with Crippen LogP contribution in [0.25, 0.3) is 10.2 Å². The van der Waals surface area contributed by atoms with Crippen LogP contribution in [0, 0.1) is 5.92 Å². The van der Waals surface area contributed by atoms with E-state index in [0.29, 0.717) is 42.5 Å². The monoisotopic (exact) mass is 456 g/mol. The van der Waals surface area contributed by atoms with Gasteiger partial charge in [0, 0.05) is 51.1 Å². The number of anilines is 1. The third-order valence-corrected chi connectivity index (χ3v) is 7.53. The van der Waals surface area contributed by atoms with Gasteiger partial charge in [-0.2, -0.15) is 4.98 Å². The molecular formula is C22H32N8OS. The molecule has 1 amide bonds. The minimum atomic E-state index is 0.234. The molecule has 0 radical (unpaired) electrons. The van der Waals surface area contributed by atoms with E-state index in [1.165, 1.54) is 0 Å². The molecule has 3 saturated heterocycles. The summed E-state index contributed by atoms with van der Waals surface area (Å²) in [7, 11) is 3.68. The predicted molar refractivity (Wildman–Crippen MR) is 128 cm³/mol. The number of piperidine rings is 2. The summed E-state index contributed by atoms with van der Waals surface area (Å²) in [5, 5.41) is 9.39. The Morgan fingerprint density at radius 2 is 2.03 bits per heavy atom. The van der Waals surface area contributed by atoms with Gasteiger partial charge in [0.2, 0.25) is 11.9 Å². The third-order valence-electron chi connectivity index (χ3n) is 6.63. The molecule has 3 aliphatic rings. The molecular weight excluding hydrogens is 424 g/mol. The number of hydrogen-bond acceptors (Lipinski definition) is 8. The van der Waals surface area contributed by atoms with Crippen molar-refractivity contribution in [2.75, 3.05) is 19.4 Å². The van der Waals surface area contributed by atoms with Crippen LogP contribution in [0.2, 0.25) is 0 Å². The number of carbonyl (C=O) groups is 1. The zero-order valence-electron chi connectivity index (χ0n) is 18.9. The van der Waals surface area contributed by atoms with E-state index >= 15 is 0 Å². The highest BCUT2D eigenvalue weighted by molar-refractivity contribution is 7.17. The summed E-state index contributed by atoms with van der Waals surface area (Å²) in [6.07, 6.45) is 5.64. The summed E-state index contributed by atoms with van der Waals surface area (Å²) in [4.78, 5) is 28.2. The number of rotatable bonds is 5. The number of aliphatic imine (C=N–C) groups is 1. The number of nitrogens with zero attached hydrogens (tertiary/aromatic N) is 4. The van der Waals surface area contributed by atoms with E-state index in [2.05, 4.69) is 28.4 Å². The molecule has 9 nitrogen and oxygen atoms in total. The molecule has 5 rings (SSSR count). The van der Waals surface area contributed by atoms with Gasteiger partial charge in [-0.1, -0.05) is 0 Å². The fraction of sp³-hybridized carbons (Fsp3) is 0.636. The Hall–Kier alpha value is -2.30. The molecule has 2 aromatic rings. The number of aromatic nitrogens is 2.